The summed E-state index contributed by atoms with van der Waals surface area (Å²) in [7, 11) is 1.93. The maximum atomic E-state index is 12.2. The highest BCUT2D eigenvalue weighted by Gasteiger charge is 2.80. The highest BCUT2D eigenvalue weighted by Crippen LogP contribution is 2.82. The second kappa shape index (κ2) is 5.66. The van der Waals surface area contributed by atoms with Crippen molar-refractivity contribution in [3.05, 3.63) is 0 Å². The molecule has 2 N–H and O–H groups in total. The molecule has 1 spiro atoms. The molecule has 1 aliphatic heterocycles. The molecular formula is C26H42O4. The Kier molecular flexibility index (Phi) is 3.86. The first kappa shape index (κ1) is 20.4. The van der Waals surface area contributed by atoms with Crippen molar-refractivity contribution in [1.29, 1.82) is 0 Å². The van der Waals surface area contributed by atoms with E-state index < -0.39 is 11.4 Å². The molecule has 0 aromatic carbocycles. The SMILES string of the molecule is CO[C@@H]1C[C@H]2[C@@H]3C[C@@H]4O[C@](O)(C(C)C)[C@@H](C)[C@]4(O)[C@@]3(C)CC[C@@H]2[C@@]2(C)CC[C@@H]3C[C@]312. The summed E-state index contributed by atoms with van der Waals surface area (Å²) in [6.07, 6.45) is 8.54. The minimum atomic E-state index is -1.23. The van der Waals surface area contributed by atoms with Gasteiger partial charge in [0, 0.05) is 29.8 Å². The second-order valence-corrected chi connectivity index (χ2v) is 13.0. The number of rotatable bonds is 2. The number of hydrogen-bond acceptors (Lipinski definition) is 4. The highest BCUT2D eigenvalue weighted by molar-refractivity contribution is 5.28. The summed E-state index contributed by atoms with van der Waals surface area (Å²) >= 11 is 0. The van der Waals surface area contributed by atoms with E-state index in [9.17, 15) is 10.2 Å². The van der Waals surface area contributed by atoms with Crippen molar-refractivity contribution in [3.8, 4) is 0 Å². The molecule has 4 nitrogen and oxygen atoms in total. The Labute approximate surface area is 182 Å². The number of aliphatic hydroxyl groups is 2. The third-order valence-corrected chi connectivity index (χ3v) is 12.5. The number of fused-ring (bicyclic) bond motifs is 6. The van der Waals surface area contributed by atoms with Gasteiger partial charge in [0.15, 0.2) is 5.79 Å². The third-order valence-electron chi connectivity index (χ3n) is 12.5. The molecule has 0 amide bonds. The third kappa shape index (κ3) is 1.86. The summed E-state index contributed by atoms with van der Waals surface area (Å²) < 4.78 is 12.6. The van der Waals surface area contributed by atoms with Crippen LogP contribution in [0.1, 0.15) is 79.6 Å². The van der Waals surface area contributed by atoms with E-state index in [4.69, 9.17) is 9.47 Å². The largest absolute Gasteiger partial charge is 0.386 e. The van der Waals surface area contributed by atoms with Crippen molar-refractivity contribution in [2.24, 2.45) is 51.8 Å². The first-order valence-electron chi connectivity index (χ1n) is 12.7. The molecule has 6 rings (SSSR count). The van der Waals surface area contributed by atoms with Crippen LogP contribution in [0.15, 0.2) is 0 Å². The maximum Gasteiger partial charge on any atom is 0.173 e. The molecule has 5 saturated carbocycles. The minimum Gasteiger partial charge on any atom is -0.386 e. The lowest BCUT2D eigenvalue weighted by atomic mass is 9.44. The van der Waals surface area contributed by atoms with Crippen LogP contribution in [0.25, 0.3) is 0 Å². The molecule has 1 saturated heterocycles. The van der Waals surface area contributed by atoms with E-state index in [2.05, 4.69) is 13.8 Å². The molecule has 170 valence electrons. The van der Waals surface area contributed by atoms with Crippen LogP contribution in [0.4, 0.5) is 0 Å². The predicted octanol–water partition coefficient (Wildman–Crippen LogP) is 4.37. The Bertz CT molecular complexity index is 768. The van der Waals surface area contributed by atoms with Crippen LogP contribution in [0.5, 0.6) is 0 Å². The molecule has 1 heterocycles. The minimum absolute atomic E-state index is 0.0304. The Morgan fingerprint density at radius 3 is 2.33 bits per heavy atom. The van der Waals surface area contributed by atoms with Gasteiger partial charge in [0.25, 0.3) is 0 Å². The fourth-order valence-electron chi connectivity index (χ4n) is 10.8. The number of hydrogen-bond donors (Lipinski definition) is 2. The van der Waals surface area contributed by atoms with Crippen LogP contribution in [0.2, 0.25) is 0 Å². The van der Waals surface area contributed by atoms with Crippen LogP contribution >= 0.6 is 0 Å². The monoisotopic (exact) mass is 418 g/mol. The van der Waals surface area contributed by atoms with E-state index in [-0.39, 0.29) is 23.4 Å². The van der Waals surface area contributed by atoms with Gasteiger partial charge in [0.2, 0.25) is 0 Å². The van der Waals surface area contributed by atoms with Crippen molar-refractivity contribution >= 4 is 0 Å². The van der Waals surface area contributed by atoms with Gasteiger partial charge < -0.3 is 19.7 Å². The summed E-state index contributed by atoms with van der Waals surface area (Å²) in [5.74, 6) is 1.15. The van der Waals surface area contributed by atoms with E-state index >= 15 is 0 Å². The predicted molar refractivity (Wildman–Crippen MR) is 114 cm³/mol. The fraction of sp³-hybridized carbons (Fsp3) is 1.00. The van der Waals surface area contributed by atoms with Gasteiger partial charge in [-0.3, -0.25) is 0 Å². The lowest BCUT2D eigenvalue weighted by Gasteiger charge is -2.61. The molecular weight excluding hydrogens is 376 g/mol. The van der Waals surface area contributed by atoms with Crippen molar-refractivity contribution in [1.82, 2.24) is 0 Å². The maximum absolute atomic E-state index is 12.2. The molecule has 6 fully saturated rings. The number of ether oxygens (including phenoxy) is 2. The fourth-order valence-corrected chi connectivity index (χ4v) is 10.8. The van der Waals surface area contributed by atoms with Gasteiger partial charge in [-0.15, -0.1) is 0 Å². The van der Waals surface area contributed by atoms with E-state index in [0.717, 1.165) is 31.1 Å². The van der Waals surface area contributed by atoms with E-state index in [0.29, 0.717) is 28.8 Å². The normalized spacial score (nSPS) is 65.7. The van der Waals surface area contributed by atoms with E-state index in [1.807, 2.05) is 27.9 Å². The summed E-state index contributed by atoms with van der Waals surface area (Å²) in [5, 5.41) is 23.6. The Hall–Kier alpha value is -0.160. The van der Waals surface area contributed by atoms with Crippen LogP contribution in [-0.2, 0) is 9.47 Å². The van der Waals surface area contributed by atoms with E-state index in [1.165, 1.54) is 25.7 Å². The molecule has 4 heteroatoms. The average Bonchev–Trinajstić information content (AvgIpc) is 3.23. The summed E-state index contributed by atoms with van der Waals surface area (Å²) in [5.41, 5.74) is -0.311. The van der Waals surface area contributed by atoms with Crippen LogP contribution < -0.4 is 0 Å². The molecule has 30 heavy (non-hydrogen) atoms. The van der Waals surface area contributed by atoms with Crippen molar-refractivity contribution in [2.75, 3.05) is 7.11 Å². The molecule has 6 aliphatic rings. The summed E-state index contributed by atoms with van der Waals surface area (Å²) in [6.45, 7) is 11.0. The molecule has 0 aromatic rings. The van der Waals surface area contributed by atoms with Gasteiger partial charge in [0.05, 0.1) is 12.2 Å². The smallest absolute Gasteiger partial charge is 0.173 e. The van der Waals surface area contributed by atoms with Gasteiger partial charge in [-0.25, -0.2) is 0 Å². The zero-order valence-electron chi connectivity index (χ0n) is 19.8. The quantitative estimate of drug-likeness (QED) is 0.699. The van der Waals surface area contributed by atoms with Crippen LogP contribution in [0, 0.1) is 51.8 Å². The van der Waals surface area contributed by atoms with Crippen molar-refractivity contribution in [3.63, 3.8) is 0 Å². The highest BCUT2D eigenvalue weighted by atomic mass is 16.7. The second-order valence-electron chi connectivity index (χ2n) is 13.0. The zero-order chi connectivity index (χ0) is 21.5. The molecule has 12 atom stereocenters. The standard InChI is InChI=1S/C26H42O4/c1-14(2)26(28)15(3)25(27)21(30-26)12-19-17-11-20(29-6)24-13-16(24)7-9-22(24,4)18(17)8-10-23(19,25)5/h14-21,27-28H,7-13H2,1-6H3/t15-,16+,17+,18-,19-,20+,21-,22+,23-,24-,25+,26+/m0/s1. The molecule has 0 bridgehead atoms. The zero-order valence-corrected chi connectivity index (χ0v) is 19.8. The molecule has 0 unspecified atom stereocenters. The van der Waals surface area contributed by atoms with Gasteiger partial charge in [-0.1, -0.05) is 34.6 Å². The molecule has 0 radical (unpaired) electrons. The first-order chi connectivity index (χ1) is 14.0. The van der Waals surface area contributed by atoms with Crippen molar-refractivity contribution < 1.29 is 19.7 Å². The van der Waals surface area contributed by atoms with Crippen LogP contribution in [-0.4, -0.2) is 40.9 Å². The van der Waals surface area contributed by atoms with Crippen molar-refractivity contribution in [2.45, 2.75) is 103 Å². The van der Waals surface area contributed by atoms with Gasteiger partial charge >= 0.3 is 0 Å². The first-order valence-corrected chi connectivity index (χ1v) is 12.7. The Morgan fingerprint density at radius 2 is 1.70 bits per heavy atom. The summed E-state index contributed by atoms with van der Waals surface area (Å²) in [4.78, 5) is 0. The summed E-state index contributed by atoms with van der Waals surface area (Å²) in [6, 6.07) is 0. The lowest BCUT2D eigenvalue weighted by Crippen LogP contribution is -2.61. The van der Waals surface area contributed by atoms with Gasteiger partial charge in [-0.2, -0.15) is 0 Å². The van der Waals surface area contributed by atoms with Crippen LogP contribution in [0.3, 0.4) is 0 Å². The molecule has 0 aromatic heterocycles. The topological polar surface area (TPSA) is 58.9 Å². The van der Waals surface area contributed by atoms with Gasteiger partial charge in [-0.05, 0) is 74.0 Å². The molecule has 5 aliphatic carbocycles. The Morgan fingerprint density at radius 1 is 1.00 bits per heavy atom. The van der Waals surface area contributed by atoms with E-state index in [1.54, 1.807) is 0 Å². The lowest BCUT2D eigenvalue weighted by molar-refractivity contribution is -0.246. The number of methoxy groups -OCH3 is 1. The average molecular weight is 419 g/mol. The van der Waals surface area contributed by atoms with Gasteiger partial charge in [0.1, 0.15) is 5.60 Å². The Balaban J connectivity index is 1.39.